The molecule has 2 aliphatic carbocycles. The van der Waals surface area contributed by atoms with Gasteiger partial charge in [0.05, 0.1) is 26.3 Å². The van der Waals surface area contributed by atoms with Gasteiger partial charge < -0.3 is 14.2 Å². The molecule has 0 bridgehead atoms. The van der Waals surface area contributed by atoms with Gasteiger partial charge in [-0.1, -0.05) is 37.3 Å². The molecule has 0 saturated carbocycles. The topological polar surface area (TPSA) is 57.7 Å². The van der Waals surface area contributed by atoms with Crippen molar-refractivity contribution in [2.75, 3.05) is 13.7 Å². The van der Waals surface area contributed by atoms with Crippen LogP contribution in [0.2, 0.25) is 0 Å². The van der Waals surface area contributed by atoms with E-state index in [1.165, 1.54) is 11.8 Å². The van der Waals surface area contributed by atoms with E-state index < -0.39 is 5.41 Å². The number of allylic oxidation sites excluding steroid dienone is 1. The Hall–Kier alpha value is -3.67. The number of rotatable bonds is 8. The van der Waals surface area contributed by atoms with Gasteiger partial charge in [0.1, 0.15) is 18.2 Å². The van der Waals surface area contributed by atoms with Crippen LogP contribution in [0, 0.1) is 5.82 Å². The largest absolute Gasteiger partial charge is 0.489 e. The van der Waals surface area contributed by atoms with Crippen LogP contribution in [0.1, 0.15) is 61.4 Å². The number of nitrogens with zero attached hydrogens (tertiary/aromatic N) is 1. The minimum absolute atomic E-state index is 0.170. The van der Waals surface area contributed by atoms with E-state index in [0.29, 0.717) is 36.6 Å². The maximum absolute atomic E-state index is 14.9. The number of fused-ring (bicyclic) bond motifs is 4. The third-order valence-corrected chi connectivity index (χ3v) is 7.95. The monoisotopic (exact) mass is 501 g/mol. The Labute approximate surface area is 217 Å². The van der Waals surface area contributed by atoms with Crippen LogP contribution in [-0.2, 0) is 33.4 Å². The highest BCUT2D eigenvalue weighted by Crippen LogP contribution is 2.53. The first-order chi connectivity index (χ1) is 17.7. The Bertz CT molecular complexity index is 1400. The fourth-order valence-corrected chi connectivity index (χ4v) is 5.90. The van der Waals surface area contributed by atoms with Crippen molar-refractivity contribution in [2.24, 2.45) is 0 Å². The number of aryl methyl sites for hydroxylation is 1. The molecule has 5 nitrogen and oxygen atoms in total. The summed E-state index contributed by atoms with van der Waals surface area (Å²) >= 11 is 0. The first-order valence-corrected chi connectivity index (χ1v) is 12.7. The molecule has 3 aromatic rings. The molecule has 2 aromatic carbocycles. The molecule has 0 amide bonds. The minimum Gasteiger partial charge on any atom is -0.489 e. The molecule has 0 N–H and O–H groups in total. The highest BCUT2D eigenvalue weighted by molar-refractivity contribution is 5.84. The highest BCUT2D eigenvalue weighted by Gasteiger charge is 2.42. The fourth-order valence-electron chi connectivity index (χ4n) is 5.90. The van der Waals surface area contributed by atoms with Crippen LogP contribution in [0.15, 0.2) is 55.3 Å². The molecule has 192 valence electrons. The van der Waals surface area contributed by atoms with Crippen molar-refractivity contribution in [3.05, 3.63) is 88.9 Å². The first kappa shape index (κ1) is 25.0. The van der Waals surface area contributed by atoms with Gasteiger partial charge in [0, 0.05) is 22.0 Å². The molecule has 2 aliphatic rings. The average molecular weight is 502 g/mol. The molecule has 0 radical (unpaired) electrons. The Balaban J connectivity index is 1.41. The Morgan fingerprint density at radius 2 is 2.00 bits per heavy atom. The molecule has 1 heterocycles. The molecule has 37 heavy (non-hydrogen) atoms. The van der Waals surface area contributed by atoms with E-state index >= 15 is 0 Å². The summed E-state index contributed by atoms with van der Waals surface area (Å²) in [7, 11) is 1.54. The summed E-state index contributed by atoms with van der Waals surface area (Å²) in [6.45, 7) is 10.7. The molecule has 0 fully saturated rings. The lowest BCUT2D eigenvalue weighted by atomic mass is 9.80. The summed E-state index contributed by atoms with van der Waals surface area (Å²) in [6, 6.07) is 12.1. The van der Waals surface area contributed by atoms with Crippen LogP contribution in [-0.4, -0.2) is 24.7 Å². The molecule has 0 aliphatic heterocycles. The van der Waals surface area contributed by atoms with Crippen LogP contribution in [0.5, 0.6) is 11.6 Å². The van der Waals surface area contributed by atoms with E-state index in [4.69, 9.17) is 14.2 Å². The number of aromatic nitrogens is 1. The molecular weight excluding hydrogens is 469 g/mol. The lowest BCUT2D eigenvalue weighted by Gasteiger charge is -2.25. The van der Waals surface area contributed by atoms with Gasteiger partial charge in [0.2, 0.25) is 5.88 Å². The number of methoxy groups -OCH3 is 1. The van der Waals surface area contributed by atoms with Crippen molar-refractivity contribution < 1.29 is 23.4 Å². The van der Waals surface area contributed by atoms with Gasteiger partial charge in [-0.3, -0.25) is 4.79 Å². The quantitative estimate of drug-likeness (QED) is 0.263. The summed E-state index contributed by atoms with van der Waals surface area (Å²) in [5.41, 5.74) is 5.41. The zero-order valence-corrected chi connectivity index (χ0v) is 21.8. The number of carbonyl (C=O) groups excluding carboxylic acids is 1. The van der Waals surface area contributed by atoms with Crippen LogP contribution in [0.3, 0.4) is 0 Å². The smallest absolute Gasteiger partial charge is 0.306 e. The third-order valence-electron chi connectivity index (χ3n) is 7.95. The van der Waals surface area contributed by atoms with Crippen LogP contribution in [0.4, 0.5) is 4.39 Å². The van der Waals surface area contributed by atoms with Gasteiger partial charge in [-0.25, -0.2) is 9.37 Å². The second kappa shape index (κ2) is 9.33. The van der Waals surface area contributed by atoms with Crippen LogP contribution in [0.25, 0.3) is 11.1 Å². The second-order valence-electron chi connectivity index (χ2n) is 10.3. The summed E-state index contributed by atoms with van der Waals surface area (Å²) in [4.78, 5) is 16.4. The zero-order chi connectivity index (χ0) is 26.4. The molecule has 2 atom stereocenters. The number of benzene rings is 2. The predicted molar refractivity (Wildman–Crippen MR) is 141 cm³/mol. The van der Waals surface area contributed by atoms with Gasteiger partial charge in [0.25, 0.3) is 0 Å². The Kier molecular flexibility index (Phi) is 6.30. The lowest BCUT2D eigenvalue weighted by Crippen LogP contribution is -2.24. The summed E-state index contributed by atoms with van der Waals surface area (Å²) in [6.07, 6.45) is 5.22. The molecule has 5 rings (SSSR count). The summed E-state index contributed by atoms with van der Waals surface area (Å²) < 4.78 is 31.8. The van der Waals surface area contributed by atoms with Crippen LogP contribution >= 0.6 is 0 Å². The summed E-state index contributed by atoms with van der Waals surface area (Å²) in [5, 5.41) is 0. The standard InChI is InChI=1S/C31H32FNO4/c1-6-31(4)24-14-19(8-11-22(24)27-25(32)17-33-29(35-5)28(27)31)18-37-21-10-9-20-12-13-30(3,23(20)15-21)16-26(34)36-7-2/h6,8-11,14-15,17H,1,7,12-13,16,18H2,2-5H3. The van der Waals surface area contributed by atoms with E-state index in [1.54, 1.807) is 7.11 Å². The van der Waals surface area contributed by atoms with Gasteiger partial charge in [-0.2, -0.15) is 0 Å². The molecule has 2 unspecified atom stereocenters. The minimum atomic E-state index is -0.649. The number of halogens is 1. The lowest BCUT2D eigenvalue weighted by molar-refractivity contribution is -0.144. The first-order valence-electron chi connectivity index (χ1n) is 12.7. The molecule has 6 heteroatoms. The van der Waals surface area contributed by atoms with Crippen molar-refractivity contribution in [3.8, 4) is 22.8 Å². The Morgan fingerprint density at radius 1 is 1.19 bits per heavy atom. The average Bonchev–Trinajstić information content (AvgIpc) is 3.35. The fraction of sp³-hybridized carbons (Fsp3) is 0.355. The van der Waals surface area contributed by atoms with E-state index in [0.717, 1.165) is 40.8 Å². The number of hydrogen-bond donors (Lipinski definition) is 0. The van der Waals surface area contributed by atoms with Gasteiger partial charge in [-0.05, 0) is 66.6 Å². The van der Waals surface area contributed by atoms with Crippen molar-refractivity contribution >= 4 is 5.97 Å². The number of carbonyl (C=O) groups is 1. The van der Waals surface area contributed by atoms with E-state index in [2.05, 4.69) is 30.6 Å². The molecule has 0 spiro atoms. The van der Waals surface area contributed by atoms with Crippen LogP contribution < -0.4 is 9.47 Å². The van der Waals surface area contributed by atoms with Crippen molar-refractivity contribution in [1.82, 2.24) is 4.98 Å². The van der Waals surface area contributed by atoms with E-state index in [-0.39, 0.29) is 17.2 Å². The highest BCUT2D eigenvalue weighted by atomic mass is 19.1. The number of pyridine rings is 1. The van der Waals surface area contributed by atoms with Gasteiger partial charge in [-0.15, -0.1) is 6.58 Å². The zero-order valence-electron chi connectivity index (χ0n) is 21.8. The molecule has 0 saturated heterocycles. The molecule has 1 aromatic heterocycles. The number of esters is 1. The predicted octanol–water partition coefficient (Wildman–Crippen LogP) is 6.44. The van der Waals surface area contributed by atoms with Gasteiger partial charge >= 0.3 is 5.97 Å². The van der Waals surface area contributed by atoms with E-state index in [9.17, 15) is 9.18 Å². The second-order valence-corrected chi connectivity index (χ2v) is 10.3. The number of hydrogen-bond acceptors (Lipinski definition) is 5. The third kappa shape index (κ3) is 4.08. The normalized spacial score (nSPS) is 21.1. The van der Waals surface area contributed by atoms with Gasteiger partial charge in [0.15, 0.2) is 0 Å². The van der Waals surface area contributed by atoms with Crippen molar-refractivity contribution in [3.63, 3.8) is 0 Å². The maximum Gasteiger partial charge on any atom is 0.306 e. The van der Waals surface area contributed by atoms with E-state index in [1.807, 2.05) is 44.2 Å². The van der Waals surface area contributed by atoms with Crippen molar-refractivity contribution in [2.45, 2.75) is 57.5 Å². The number of ether oxygens (including phenoxy) is 3. The SMILES string of the molecule is C=CC1(C)c2cc(COc3ccc4c(c3)C(C)(CC(=O)OCC)CC4)ccc2-c2c(F)cnc(OC)c21. The molecular formula is C31H32FNO4. The maximum atomic E-state index is 14.9. The Morgan fingerprint density at radius 3 is 2.73 bits per heavy atom. The summed E-state index contributed by atoms with van der Waals surface area (Å²) in [5.74, 6) is 0.604. The van der Waals surface area contributed by atoms with Crippen molar-refractivity contribution in [1.29, 1.82) is 0 Å².